The van der Waals surface area contributed by atoms with E-state index in [1.807, 2.05) is 6.07 Å². The van der Waals surface area contributed by atoms with E-state index < -0.39 is 4.92 Å². The van der Waals surface area contributed by atoms with E-state index in [4.69, 9.17) is 22.1 Å². The van der Waals surface area contributed by atoms with Crippen molar-refractivity contribution in [1.29, 1.82) is 0 Å². The van der Waals surface area contributed by atoms with Gasteiger partial charge in [-0.05, 0) is 23.8 Å². The first-order chi connectivity index (χ1) is 9.10. The molecule has 0 amide bonds. The van der Waals surface area contributed by atoms with Gasteiger partial charge in [-0.15, -0.1) is 11.3 Å². The number of nitrogens with zero attached hydrogens (tertiary/aromatic N) is 1. The van der Waals surface area contributed by atoms with Crippen LogP contribution in [0, 0.1) is 10.1 Å². The predicted octanol–water partition coefficient (Wildman–Crippen LogP) is 3.35. The molecular formula is C12H11ClN2O3S. The summed E-state index contributed by atoms with van der Waals surface area (Å²) in [5, 5.41) is 11.0. The highest BCUT2D eigenvalue weighted by Crippen LogP contribution is 2.30. The molecule has 0 fully saturated rings. The van der Waals surface area contributed by atoms with Gasteiger partial charge in [-0.2, -0.15) is 0 Å². The Morgan fingerprint density at radius 3 is 2.74 bits per heavy atom. The number of hydrogen-bond donors (Lipinski definition) is 1. The van der Waals surface area contributed by atoms with Gasteiger partial charge in [0.05, 0.1) is 9.26 Å². The number of rotatable bonds is 5. The maximum atomic E-state index is 11.0. The van der Waals surface area contributed by atoms with Crippen LogP contribution in [0.4, 0.5) is 5.69 Å². The largest absolute Gasteiger partial charge is 0.481 e. The van der Waals surface area contributed by atoms with Crippen molar-refractivity contribution < 1.29 is 9.66 Å². The van der Waals surface area contributed by atoms with E-state index in [1.165, 1.54) is 17.4 Å². The Bertz CT molecular complexity index is 600. The van der Waals surface area contributed by atoms with Gasteiger partial charge in [0.2, 0.25) is 0 Å². The van der Waals surface area contributed by atoms with Gasteiger partial charge in [0.15, 0.2) is 5.75 Å². The maximum Gasteiger partial charge on any atom is 0.311 e. The van der Waals surface area contributed by atoms with Gasteiger partial charge in [0, 0.05) is 17.5 Å². The van der Waals surface area contributed by atoms with Gasteiger partial charge in [-0.1, -0.05) is 17.7 Å². The molecule has 0 atom stereocenters. The second-order valence-corrected chi connectivity index (χ2v) is 5.56. The minimum absolute atomic E-state index is 0.0781. The third kappa shape index (κ3) is 3.44. The lowest BCUT2D eigenvalue weighted by Crippen LogP contribution is -2.01. The smallest absolute Gasteiger partial charge is 0.311 e. The van der Waals surface area contributed by atoms with E-state index in [1.54, 1.807) is 18.2 Å². The van der Waals surface area contributed by atoms with Crippen LogP contribution in [0.3, 0.4) is 0 Å². The van der Waals surface area contributed by atoms with Crippen molar-refractivity contribution in [1.82, 2.24) is 0 Å². The topological polar surface area (TPSA) is 78.4 Å². The standard InChI is InChI=1S/C12H11ClN2O3S/c13-12-4-2-9(19-12)7-18-11-3-1-8(6-14)5-10(11)15(16)17/h1-5H,6-7,14H2. The fourth-order valence-electron chi connectivity index (χ4n) is 1.53. The number of hydrogen-bond acceptors (Lipinski definition) is 5. The van der Waals surface area contributed by atoms with Gasteiger partial charge < -0.3 is 10.5 Å². The van der Waals surface area contributed by atoms with Crippen molar-refractivity contribution in [2.45, 2.75) is 13.2 Å². The van der Waals surface area contributed by atoms with E-state index in [9.17, 15) is 10.1 Å². The van der Waals surface area contributed by atoms with E-state index in [2.05, 4.69) is 0 Å². The fraction of sp³-hybridized carbons (Fsp3) is 0.167. The minimum Gasteiger partial charge on any atom is -0.481 e. The number of nitro benzene ring substituents is 1. The van der Waals surface area contributed by atoms with Crippen LogP contribution in [0.25, 0.3) is 0 Å². The van der Waals surface area contributed by atoms with Crippen molar-refractivity contribution in [2.24, 2.45) is 5.73 Å². The summed E-state index contributed by atoms with van der Waals surface area (Å²) in [4.78, 5) is 11.4. The lowest BCUT2D eigenvalue weighted by molar-refractivity contribution is -0.386. The SMILES string of the molecule is NCc1ccc(OCc2ccc(Cl)s2)c([N+](=O)[O-])c1. The van der Waals surface area contributed by atoms with Gasteiger partial charge in [-0.3, -0.25) is 10.1 Å². The highest BCUT2D eigenvalue weighted by molar-refractivity contribution is 7.16. The molecule has 2 N–H and O–H groups in total. The second kappa shape index (κ2) is 6.01. The van der Waals surface area contributed by atoms with Crippen molar-refractivity contribution in [3.8, 4) is 5.75 Å². The molecule has 0 radical (unpaired) electrons. The van der Waals surface area contributed by atoms with Crippen molar-refractivity contribution in [3.63, 3.8) is 0 Å². The molecule has 2 rings (SSSR count). The molecule has 0 aliphatic carbocycles. The Morgan fingerprint density at radius 1 is 1.37 bits per heavy atom. The first-order valence-electron chi connectivity index (χ1n) is 5.44. The molecule has 1 heterocycles. The first-order valence-corrected chi connectivity index (χ1v) is 6.64. The lowest BCUT2D eigenvalue weighted by Gasteiger charge is -2.06. The van der Waals surface area contributed by atoms with Gasteiger partial charge >= 0.3 is 5.69 Å². The zero-order valence-corrected chi connectivity index (χ0v) is 11.4. The summed E-state index contributed by atoms with van der Waals surface area (Å²) < 4.78 is 6.13. The number of nitrogens with two attached hydrogens (primary N) is 1. The molecule has 19 heavy (non-hydrogen) atoms. The van der Waals surface area contributed by atoms with Crippen LogP contribution >= 0.6 is 22.9 Å². The van der Waals surface area contributed by atoms with E-state index in [0.717, 1.165) is 4.88 Å². The quantitative estimate of drug-likeness (QED) is 0.678. The number of nitro groups is 1. The third-order valence-corrected chi connectivity index (χ3v) is 3.66. The minimum atomic E-state index is -0.476. The van der Waals surface area contributed by atoms with Crippen LogP contribution in [0.15, 0.2) is 30.3 Å². The average molecular weight is 299 g/mol. The molecule has 100 valence electrons. The Morgan fingerprint density at radius 2 is 2.16 bits per heavy atom. The van der Waals surface area contributed by atoms with Crippen LogP contribution in [0.2, 0.25) is 4.34 Å². The average Bonchev–Trinajstić information content (AvgIpc) is 2.82. The van der Waals surface area contributed by atoms with E-state index in [-0.39, 0.29) is 24.6 Å². The molecule has 7 heteroatoms. The van der Waals surface area contributed by atoms with Crippen LogP contribution in [-0.2, 0) is 13.2 Å². The number of benzene rings is 1. The highest BCUT2D eigenvalue weighted by Gasteiger charge is 2.16. The monoisotopic (exact) mass is 298 g/mol. The molecule has 0 saturated heterocycles. The molecule has 0 saturated carbocycles. The fourth-order valence-corrected chi connectivity index (χ4v) is 2.53. The molecule has 0 aliphatic rings. The zero-order valence-electron chi connectivity index (χ0n) is 9.84. The third-order valence-electron chi connectivity index (χ3n) is 2.45. The summed E-state index contributed by atoms with van der Waals surface area (Å²) in [5.74, 6) is 0.228. The molecule has 2 aromatic rings. The molecule has 0 spiro atoms. The summed E-state index contributed by atoms with van der Waals surface area (Å²) in [5.41, 5.74) is 6.07. The summed E-state index contributed by atoms with van der Waals surface area (Å²) in [6.45, 7) is 0.502. The number of ether oxygens (including phenoxy) is 1. The molecular weight excluding hydrogens is 288 g/mol. The Balaban J connectivity index is 2.17. The number of thiophene rings is 1. The molecule has 0 aliphatic heterocycles. The number of halogens is 1. The van der Waals surface area contributed by atoms with Gasteiger partial charge in [0.1, 0.15) is 6.61 Å². The first kappa shape index (κ1) is 13.8. The van der Waals surface area contributed by atoms with Crippen LogP contribution < -0.4 is 10.5 Å². The summed E-state index contributed by atoms with van der Waals surface area (Å²) in [6, 6.07) is 8.29. The summed E-state index contributed by atoms with van der Waals surface area (Å²) in [7, 11) is 0. The zero-order chi connectivity index (χ0) is 13.8. The highest BCUT2D eigenvalue weighted by atomic mass is 35.5. The predicted molar refractivity (Wildman–Crippen MR) is 74.6 cm³/mol. The normalized spacial score (nSPS) is 10.4. The van der Waals surface area contributed by atoms with Crippen molar-refractivity contribution >= 4 is 28.6 Å². The molecule has 1 aromatic carbocycles. The van der Waals surface area contributed by atoms with Gasteiger partial charge in [0.25, 0.3) is 0 Å². The van der Waals surface area contributed by atoms with Crippen molar-refractivity contribution in [2.75, 3.05) is 0 Å². The van der Waals surface area contributed by atoms with E-state index >= 15 is 0 Å². The Kier molecular flexibility index (Phi) is 4.36. The maximum absolute atomic E-state index is 11.0. The van der Waals surface area contributed by atoms with Gasteiger partial charge in [-0.25, -0.2) is 0 Å². The second-order valence-electron chi connectivity index (χ2n) is 3.76. The van der Waals surface area contributed by atoms with Crippen LogP contribution in [0.5, 0.6) is 5.75 Å². The van der Waals surface area contributed by atoms with E-state index in [0.29, 0.717) is 9.90 Å². The lowest BCUT2D eigenvalue weighted by atomic mass is 10.2. The summed E-state index contributed by atoms with van der Waals surface area (Å²) in [6.07, 6.45) is 0. The molecule has 0 unspecified atom stereocenters. The van der Waals surface area contributed by atoms with Crippen molar-refractivity contribution in [3.05, 3.63) is 55.2 Å². The molecule has 5 nitrogen and oxygen atoms in total. The Hall–Kier alpha value is -1.63. The van der Waals surface area contributed by atoms with Crippen LogP contribution in [0.1, 0.15) is 10.4 Å². The molecule has 1 aromatic heterocycles. The molecule has 0 bridgehead atoms. The Labute approximate surface area is 118 Å². The van der Waals surface area contributed by atoms with Crippen LogP contribution in [-0.4, -0.2) is 4.92 Å². The summed E-state index contributed by atoms with van der Waals surface area (Å²) >= 11 is 7.18.